The van der Waals surface area contributed by atoms with Gasteiger partial charge in [-0.25, -0.2) is 0 Å². The Labute approximate surface area is 107 Å². The third-order valence-corrected chi connectivity index (χ3v) is 2.36. The number of aromatic hydroxyl groups is 1. The van der Waals surface area contributed by atoms with Gasteiger partial charge in [-0.3, -0.25) is 4.79 Å². The SMILES string of the molecule is CN(C)CCOCCNC(=O)c1ccccc1O. The smallest absolute Gasteiger partial charge is 0.255 e. The molecule has 1 aromatic carbocycles. The van der Waals surface area contributed by atoms with Crippen molar-refractivity contribution in [1.29, 1.82) is 0 Å². The number of likely N-dealkylation sites (N-methyl/N-ethyl adjacent to an activating group) is 1. The van der Waals surface area contributed by atoms with Gasteiger partial charge in [0.2, 0.25) is 0 Å². The zero-order valence-electron chi connectivity index (χ0n) is 10.8. The third kappa shape index (κ3) is 5.16. The molecule has 0 fully saturated rings. The zero-order chi connectivity index (χ0) is 13.4. The van der Waals surface area contributed by atoms with Gasteiger partial charge < -0.3 is 20.1 Å². The van der Waals surface area contributed by atoms with E-state index in [2.05, 4.69) is 5.32 Å². The maximum absolute atomic E-state index is 11.7. The number of benzene rings is 1. The van der Waals surface area contributed by atoms with Gasteiger partial charge in [0, 0.05) is 13.1 Å². The predicted molar refractivity (Wildman–Crippen MR) is 69.8 cm³/mol. The van der Waals surface area contributed by atoms with Crippen LogP contribution in [0, 0.1) is 0 Å². The Kier molecular flexibility index (Phi) is 6.18. The molecule has 0 aliphatic heterocycles. The molecule has 2 N–H and O–H groups in total. The molecule has 0 aliphatic rings. The van der Waals surface area contributed by atoms with Crippen LogP contribution in [0.25, 0.3) is 0 Å². The Hall–Kier alpha value is -1.59. The molecule has 1 rings (SSSR count). The van der Waals surface area contributed by atoms with Crippen molar-refractivity contribution in [2.45, 2.75) is 0 Å². The Morgan fingerprint density at radius 1 is 1.33 bits per heavy atom. The van der Waals surface area contributed by atoms with Crippen molar-refractivity contribution in [3.05, 3.63) is 29.8 Å². The Balaban J connectivity index is 2.20. The molecule has 0 aliphatic carbocycles. The fourth-order valence-corrected chi connectivity index (χ4v) is 1.35. The first-order valence-electron chi connectivity index (χ1n) is 5.90. The number of rotatable bonds is 7. The Morgan fingerprint density at radius 2 is 2.06 bits per heavy atom. The minimum atomic E-state index is -0.288. The molecule has 0 atom stereocenters. The normalized spacial score (nSPS) is 10.6. The summed E-state index contributed by atoms with van der Waals surface area (Å²) >= 11 is 0. The van der Waals surface area contributed by atoms with Crippen LogP contribution in [0.1, 0.15) is 10.4 Å². The largest absolute Gasteiger partial charge is 0.507 e. The topological polar surface area (TPSA) is 61.8 Å². The van der Waals surface area contributed by atoms with Crippen molar-refractivity contribution in [3.8, 4) is 5.75 Å². The molecule has 0 heterocycles. The van der Waals surface area contributed by atoms with Crippen LogP contribution in [-0.2, 0) is 4.74 Å². The molecule has 18 heavy (non-hydrogen) atoms. The molecular weight excluding hydrogens is 232 g/mol. The van der Waals surface area contributed by atoms with Crippen LogP contribution in [0.15, 0.2) is 24.3 Å². The van der Waals surface area contributed by atoms with E-state index in [1.165, 1.54) is 6.07 Å². The summed E-state index contributed by atoms with van der Waals surface area (Å²) in [4.78, 5) is 13.7. The minimum Gasteiger partial charge on any atom is -0.507 e. The summed E-state index contributed by atoms with van der Waals surface area (Å²) in [6.45, 7) is 2.39. The van der Waals surface area contributed by atoms with Crippen LogP contribution < -0.4 is 5.32 Å². The van der Waals surface area contributed by atoms with Crippen molar-refractivity contribution in [2.75, 3.05) is 40.4 Å². The van der Waals surface area contributed by atoms with Crippen LogP contribution in [0.4, 0.5) is 0 Å². The quantitative estimate of drug-likeness (QED) is 0.701. The number of phenols is 1. The van der Waals surface area contributed by atoms with Gasteiger partial charge in [0.25, 0.3) is 5.91 Å². The number of nitrogens with zero attached hydrogens (tertiary/aromatic N) is 1. The first kappa shape index (κ1) is 14.5. The van der Waals surface area contributed by atoms with Gasteiger partial charge >= 0.3 is 0 Å². The van der Waals surface area contributed by atoms with E-state index < -0.39 is 0 Å². The standard InChI is InChI=1S/C13H20N2O3/c1-15(2)8-10-18-9-7-14-13(17)11-5-3-4-6-12(11)16/h3-6,16H,7-10H2,1-2H3,(H,14,17). The second-order valence-electron chi connectivity index (χ2n) is 4.19. The average Bonchev–Trinajstić information content (AvgIpc) is 2.33. The zero-order valence-corrected chi connectivity index (χ0v) is 10.8. The van der Waals surface area contributed by atoms with E-state index in [-0.39, 0.29) is 17.2 Å². The highest BCUT2D eigenvalue weighted by molar-refractivity contribution is 5.96. The maximum Gasteiger partial charge on any atom is 0.255 e. The number of hydrogen-bond acceptors (Lipinski definition) is 4. The van der Waals surface area contributed by atoms with E-state index in [9.17, 15) is 9.90 Å². The minimum absolute atomic E-state index is 0.0106. The number of carbonyl (C=O) groups is 1. The predicted octanol–water partition coefficient (Wildman–Crippen LogP) is 0.700. The van der Waals surface area contributed by atoms with Crippen molar-refractivity contribution in [1.82, 2.24) is 10.2 Å². The molecule has 0 unspecified atom stereocenters. The molecule has 0 bridgehead atoms. The monoisotopic (exact) mass is 252 g/mol. The summed E-state index contributed by atoms with van der Waals surface area (Å²) in [5, 5.41) is 12.2. The lowest BCUT2D eigenvalue weighted by Gasteiger charge is -2.10. The van der Waals surface area contributed by atoms with Gasteiger partial charge in [-0.2, -0.15) is 0 Å². The average molecular weight is 252 g/mol. The van der Waals surface area contributed by atoms with Crippen LogP contribution in [0.3, 0.4) is 0 Å². The summed E-state index contributed by atoms with van der Waals surface area (Å²) in [6.07, 6.45) is 0. The number of nitrogens with one attached hydrogen (secondary N) is 1. The number of hydrogen-bond donors (Lipinski definition) is 2. The van der Waals surface area contributed by atoms with Gasteiger partial charge in [-0.15, -0.1) is 0 Å². The number of ether oxygens (including phenoxy) is 1. The molecule has 1 aromatic rings. The van der Waals surface area contributed by atoms with Crippen molar-refractivity contribution >= 4 is 5.91 Å². The number of para-hydroxylation sites is 1. The summed E-state index contributed by atoms with van der Waals surface area (Å²) in [5.41, 5.74) is 0.283. The molecule has 0 saturated carbocycles. The molecule has 0 spiro atoms. The Bertz CT molecular complexity index is 380. The highest BCUT2D eigenvalue weighted by atomic mass is 16.5. The molecule has 5 heteroatoms. The molecular formula is C13H20N2O3. The summed E-state index contributed by atoms with van der Waals surface area (Å²) < 4.78 is 5.34. The van der Waals surface area contributed by atoms with Crippen LogP contribution >= 0.6 is 0 Å². The van der Waals surface area contributed by atoms with E-state index in [1.54, 1.807) is 18.2 Å². The fourth-order valence-electron chi connectivity index (χ4n) is 1.35. The summed E-state index contributed by atoms with van der Waals surface area (Å²) in [7, 11) is 3.95. The number of phenolic OH excluding ortho intramolecular Hbond substituents is 1. The van der Waals surface area contributed by atoms with E-state index >= 15 is 0 Å². The molecule has 0 radical (unpaired) electrons. The van der Waals surface area contributed by atoms with Gasteiger partial charge in [0.1, 0.15) is 5.75 Å². The van der Waals surface area contributed by atoms with Gasteiger partial charge in [0.15, 0.2) is 0 Å². The van der Waals surface area contributed by atoms with Gasteiger partial charge in [-0.05, 0) is 26.2 Å². The third-order valence-electron chi connectivity index (χ3n) is 2.36. The molecule has 100 valence electrons. The lowest BCUT2D eigenvalue weighted by Crippen LogP contribution is -2.28. The molecule has 0 saturated heterocycles. The lowest BCUT2D eigenvalue weighted by molar-refractivity contribution is 0.0898. The van der Waals surface area contributed by atoms with E-state index in [1.807, 2.05) is 19.0 Å². The highest BCUT2D eigenvalue weighted by Crippen LogP contribution is 2.14. The lowest BCUT2D eigenvalue weighted by atomic mass is 10.2. The first-order chi connectivity index (χ1) is 8.61. The molecule has 5 nitrogen and oxygen atoms in total. The second-order valence-corrected chi connectivity index (χ2v) is 4.19. The van der Waals surface area contributed by atoms with E-state index in [0.717, 1.165) is 6.54 Å². The van der Waals surface area contributed by atoms with Crippen LogP contribution in [0.2, 0.25) is 0 Å². The fraction of sp³-hybridized carbons (Fsp3) is 0.462. The highest BCUT2D eigenvalue weighted by Gasteiger charge is 2.08. The van der Waals surface area contributed by atoms with E-state index in [4.69, 9.17) is 4.74 Å². The van der Waals surface area contributed by atoms with Crippen LogP contribution in [0.5, 0.6) is 5.75 Å². The molecule has 0 aromatic heterocycles. The second kappa shape index (κ2) is 7.68. The maximum atomic E-state index is 11.7. The molecule has 1 amide bonds. The van der Waals surface area contributed by atoms with Crippen molar-refractivity contribution in [2.24, 2.45) is 0 Å². The summed E-state index contributed by atoms with van der Waals surface area (Å²) in [5.74, 6) is -0.298. The number of carbonyl (C=O) groups excluding carboxylic acids is 1. The Morgan fingerprint density at radius 3 is 2.72 bits per heavy atom. The van der Waals surface area contributed by atoms with Gasteiger partial charge in [0.05, 0.1) is 18.8 Å². The number of amides is 1. The van der Waals surface area contributed by atoms with Crippen molar-refractivity contribution < 1.29 is 14.6 Å². The summed E-state index contributed by atoms with van der Waals surface area (Å²) in [6, 6.07) is 6.46. The van der Waals surface area contributed by atoms with Gasteiger partial charge in [-0.1, -0.05) is 12.1 Å². The van der Waals surface area contributed by atoms with Crippen LogP contribution in [-0.4, -0.2) is 56.3 Å². The first-order valence-corrected chi connectivity index (χ1v) is 5.90. The van der Waals surface area contributed by atoms with E-state index in [0.29, 0.717) is 19.8 Å². The van der Waals surface area contributed by atoms with Crippen molar-refractivity contribution in [3.63, 3.8) is 0 Å².